The fraction of sp³-hybridized carbons (Fsp3) is 0.625. The molecule has 0 bridgehead atoms. The number of carbonyl (C=O) groups is 1. The smallest absolute Gasteiger partial charge is 0.243 e. The molecule has 0 aromatic heterocycles. The molecular formula is C8H14N2O. The summed E-state index contributed by atoms with van der Waals surface area (Å²) < 4.78 is 0. The van der Waals surface area contributed by atoms with Crippen LogP contribution in [0.4, 0.5) is 0 Å². The summed E-state index contributed by atoms with van der Waals surface area (Å²) in [6, 6.07) is 0.325. The third-order valence-corrected chi connectivity index (χ3v) is 1.92. The van der Waals surface area contributed by atoms with E-state index in [-0.39, 0.29) is 5.91 Å². The Morgan fingerprint density at radius 2 is 2.55 bits per heavy atom. The van der Waals surface area contributed by atoms with Gasteiger partial charge in [-0.3, -0.25) is 4.79 Å². The van der Waals surface area contributed by atoms with Crippen LogP contribution in [0.3, 0.4) is 0 Å². The normalized spacial score (nSPS) is 25.0. The molecule has 1 heterocycles. The minimum absolute atomic E-state index is 0.0645. The highest BCUT2D eigenvalue weighted by molar-refractivity contribution is 5.87. The second-order valence-electron chi connectivity index (χ2n) is 2.96. The maximum Gasteiger partial charge on any atom is 0.243 e. The molecule has 3 heteroatoms. The van der Waals surface area contributed by atoms with Crippen molar-refractivity contribution in [1.29, 1.82) is 0 Å². The summed E-state index contributed by atoms with van der Waals surface area (Å²) in [5.41, 5.74) is 0. The van der Waals surface area contributed by atoms with Gasteiger partial charge in [0.1, 0.15) is 0 Å². The van der Waals surface area contributed by atoms with Crippen LogP contribution in [-0.4, -0.2) is 37.0 Å². The molecule has 0 spiro atoms. The summed E-state index contributed by atoms with van der Waals surface area (Å²) in [6.07, 6.45) is 2.37. The largest absolute Gasteiger partial charge is 0.349 e. The number of nitrogens with one attached hydrogen (secondary N) is 1. The van der Waals surface area contributed by atoms with E-state index in [4.69, 9.17) is 0 Å². The van der Waals surface area contributed by atoms with Gasteiger partial charge in [-0.05, 0) is 26.1 Å². The molecule has 3 nitrogen and oxygen atoms in total. The molecule has 0 saturated carbocycles. The number of hydrogen-bond acceptors (Lipinski definition) is 2. The van der Waals surface area contributed by atoms with E-state index in [1.165, 1.54) is 6.08 Å². The van der Waals surface area contributed by atoms with Crippen LogP contribution in [0.2, 0.25) is 0 Å². The van der Waals surface area contributed by atoms with Crippen LogP contribution in [-0.2, 0) is 4.79 Å². The monoisotopic (exact) mass is 154 g/mol. The van der Waals surface area contributed by atoms with E-state index in [1.54, 1.807) is 0 Å². The topological polar surface area (TPSA) is 32.3 Å². The van der Waals surface area contributed by atoms with E-state index in [1.807, 2.05) is 0 Å². The van der Waals surface area contributed by atoms with Crippen molar-refractivity contribution in [3.8, 4) is 0 Å². The minimum Gasteiger partial charge on any atom is -0.349 e. The van der Waals surface area contributed by atoms with Crippen molar-refractivity contribution < 1.29 is 4.79 Å². The van der Waals surface area contributed by atoms with Crippen LogP contribution < -0.4 is 5.32 Å². The lowest BCUT2D eigenvalue weighted by atomic mass is 10.2. The number of nitrogens with zero attached hydrogens (tertiary/aromatic N) is 1. The molecule has 1 rings (SSSR count). The highest BCUT2D eigenvalue weighted by Gasteiger charge is 2.19. The van der Waals surface area contributed by atoms with Crippen LogP contribution in [0, 0.1) is 0 Å². The second-order valence-corrected chi connectivity index (χ2v) is 2.96. The van der Waals surface area contributed by atoms with Gasteiger partial charge in [0.05, 0.1) is 0 Å². The van der Waals surface area contributed by atoms with E-state index in [0.717, 1.165) is 19.5 Å². The Kier molecular flexibility index (Phi) is 2.65. The first-order valence-corrected chi connectivity index (χ1v) is 3.84. The molecule has 0 aromatic carbocycles. The molecule has 1 aliphatic rings. The number of rotatable bonds is 2. The summed E-state index contributed by atoms with van der Waals surface area (Å²) in [5, 5.41) is 2.86. The van der Waals surface area contributed by atoms with E-state index in [0.29, 0.717) is 6.04 Å². The molecule has 1 amide bonds. The number of amides is 1. The van der Waals surface area contributed by atoms with Crippen molar-refractivity contribution >= 4 is 5.91 Å². The lowest BCUT2D eigenvalue weighted by Gasteiger charge is -2.10. The van der Waals surface area contributed by atoms with E-state index < -0.39 is 0 Å². The lowest BCUT2D eigenvalue weighted by Crippen LogP contribution is -2.35. The molecule has 1 aliphatic heterocycles. The van der Waals surface area contributed by atoms with Crippen molar-refractivity contribution in [2.45, 2.75) is 12.5 Å². The predicted octanol–water partition coefficient (Wildman–Crippen LogP) is -0.00730. The zero-order valence-corrected chi connectivity index (χ0v) is 6.84. The Hall–Kier alpha value is -0.830. The van der Waals surface area contributed by atoms with Crippen molar-refractivity contribution in [2.24, 2.45) is 0 Å². The second kappa shape index (κ2) is 3.53. The lowest BCUT2D eigenvalue weighted by molar-refractivity contribution is -0.117. The van der Waals surface area contributed by atoms with Crippen molar-refractivity contribution in [3.63, 3.8) is 0 Å². The predicted molar refractivity (Wildman–Crippen MR) is 44.2 cm³/mol. The Morgan fingerprint density at radius 3 is 3.00 bits per heavy atom. The SMILES string of the molecule is C=CC(=O)NC1CCN(C)C1. The first-order chi connectivity index (χ1) is 5.22. The molecule has 0 aromatic rings. The van der Waals surface area contributed by atoms with Crippen LogP contribution in [0.1, 0.15) is 6.42 Å². The third kappa shape index (κ3) is 2.35. The Bertz CT molecular complexity index is 167. The van der Waals surface area contributed by atoms with Crippen LogP contribution in [0.5, 0.6) is 0 Å². The van der Waals surface area contributed by atoms with Gasteiger partial charge in [-0.15, -0.1) is 0 Å². The van der Waals surface area contributed by atoms with E-state index in [9.17, 15) is 4.79 Å². The molecular weight excluding hydrogens is 140 g/mol. The standard InChI is InChI=1S/C8H14N2O/c1-3-8(11)9-7-4-5-10(2)6-7/h3,7H,1,4-6H2,2H3,(H,9,11). The van der Waals surface area contributed by atoms with Crippen molar-refractivity contribution in [1.82, 2.24) is 10.2 Å². The first-order valence-electron chi connectivity index (χ1n) is 3.84. The van der Waals surface area contributed by atoms with Gasteiger partial charge in [-0.2, -0.15) is 0 Å². The summed E-state index contributed by atoms with van der Waals surface area (Å²) >= 11 is 0. The molecule has 1 atom stereocenters. The summed E-state index contributed by atoms with van der Waals surface area (Å²) in [5.74, 6) is -0.0645. The summed E-state index contributed by atoms with van der Waals surface area (Å²) in [7, 11) is 2.06. The Morgan fingerprint density at radius 1 is 1.82 bits per heavy atom. The fourth-order valence-electron chi connectivity index (χ4n) is 1.31. The zero-order valence-electron chi connectivity index (χ0n) is 6.84. The minimum atomic E-state index is -0.0645. The summed E-state index contributed by atoms with van der Waals surface area (Å²) in [6.45, 7) is 5.43. The van der Waals surface area contributed by atoms with Gasteiger partial charge in [0.25, 0.3) is 0 Å². The highest BCUT2D eigenvalue weighted by atomic mass is 16.1. The average Bonchev–Trinajstić information content (AvgIpc) is 2.35. The molecule has 62 valence electrons. The number of hydrogen-bond donors (Lipinski definition) is 1. The molecule has 11 heavy (non-hydrogen) atoms. The maximum absolute atomic E-state index is 10.8. The van der Waals surface area contributed by atoms with Gasteiger partial charge >= 0.3 is 0 Å². The van der Waals surface area contributed by atoms with Gasteiger partial charge in [-0.1, -0.05) is 6.58 Å². The molecule has 1 saturated heterocycles. The number of likely N-dealkylation sites (N-methyl/N-ethyl adjacent to an activating group) is 1. The average molecular weight is 154 g/mol. The molecule has 0 aliphatic carbocycles. The zero-order chi connectivity index (χ0) is 8.27. The highest BCUT2D eigenvalue weighted by Crippen LogP contribution is 2.05. The number of carbonyl (C=O) groups excluding carboxylic acids is 1. The van der Waals surface area contributed by atoms with Crippen LogP contribution in [0.25, 0.3) is 0 Å². The van der Waals surface area contributed by atoms with Gasteiger partial charge in [0, 0.05) is 12.6 Å². The van der Waals surface area contributed by atoms with Crippen molar-refractivity contribution in [2.75, 3.05) is 20.1 Å². The van der Waals surface area contributed by atoms with Gasteiger partial charge in [-0.25, -0.2) is 0 Å². The van der Waals surface area contributed by atoms with Crippen molar-refractivity contribution in [3.05, 3.63) is 12.7 Å². The van der Waals surface area contributed by atoms with Crippen LogP contribution in [0.15, 0.2) is 12.7 Å². The first kappa shape index (κ1) is 8.27. The van der Waals surface area contributed by atoms with Gasteiger partial charge < -0.3 is 10.2 Å². The molecule has 1 N–H and O–H groups in total. The quantitative estimate of drug-likeness (QED) is 0.567. The Labute approximate surface area is 67.1 Å². The maximum atomic E-state index is 10.8. The number of likely N-dealkylation sites (tertiary alicyclic amines) is 1. The Balaban J connectivity index is 2.28. The molecule has 0 radical (unpaired) electrons. The fourth-order valence-corrected chi connectivity index (χ4v) is 1.31. The molecule has 1 fully saturated rings. The summed E-state index contributed by atoms with van der Waals surface area (Å²) in [4.78, 5) is 13.0. The molecule has 1 unspecified atom stereocenters. The van der Waals surface area contributed by atoms with Gasteiger partial charge in [0.2, 0.25) is 5.91 Å². The van der Waals surface area contributed by atoms with Gasteiger partial charge in [0.15, 0.2) is 0 Å². The third-order valence-electron chi connectivity index (χ3n) is 1.92. The van der Waals surface area contributed by atoms with E-state index in [2.05, 4.69) is 23.8 Å². The van der Waals surface area contributed by atoms with Crippen LogP contribution >= 0.6 is 0 Å². The van der Waals surface area contributed by atoms with E-state index >= 15 is 0 Å².